The van der Waals surface area contributed by atoms with Gasteiger partial charge in [0.05, 0.1) is 6.07 Å². The lowest BCUT2D eigenvalue weighted by molar-refractivity contribution is -0.117. The molecule has 78 valence electrons. The van der Waals surface area contributed by atoms with Crippen LogP contribution in [0, 0.1) is 11.3 Å². The van der Waals surface area contributed by atoms with E-state index in [2.05, 4.69) is 6.07 Å². The SMILES string of the molecule is CC(=O)[C@@H](C#N)c1cccc2ccccc12. The summed E-state index contributed by atoms with van der Waals surface area (Å²) in [6, 6.07) is 15.5. The molecule has 0 aliphatic rings. The minimum atomic E-state index is -0.661. The molecule has 2 aromatic carbocycles. The van der Waals surface area contributed by atoms with Crippen molar-refractivity contribution in [3.8, 4) is 6.07 Å². The number of carbonyl (C=O) groups excluding carboxylic acids is 1. The minimum Gasteiger partial charge on any atom is -0.298 e. The molecular formula is C14H11NO. The van der Waals surface area contributed by atoms with E-state index in [1.54, 1.807) is 0 Å². The highest BCUT2D eigenvalue weighted by atomic mass is 16.1. The van der Waals surface area contributed by atoms with Gasteiger partial charge in [0.1, 0.15) is 5.92 Å². The van der Waals surface area contributed by atoms with Crippen molar-refractivity contribution in [2.75, 3.05) is 0 Å². The minimum absolute atomic E-state index is 0.112. The Hall–Kier alpha value is -2.14. The van der Waals surface area contributed by atoms with Crippen LogP contribution in [0.1, 0.15) is 18.4 Å². The highest BCUT2D eigenvalue weighted by Gasteiger charge is 2.17. The molecule has 16 heavy (non-hydrogen) atoms. The quantitative estimate of drug-likeness (QED) is 0.762. The van der Waals surface area contributed by atoms with Crippen molar-refractivity contribution in [1.29, 1.82) is 5.26 Å². The molecule has 2 nitrogen and oxygen atoms in total. The molecule has 0 heterocycles. The Labute approximate surface area is 94.1 Å². The molecule has 0 aliphatic carbocycles. The van der Waals surface area contributed by atoms with Crippen LogP contribution < -0.4 is 0 Å². The van der Waals surface area contributed by atoms with Crippen LogP contribution in [0.2, 0.25) is 0 Å². The standard InChI is InChI=1S/C14H11NO/c1-10(16)14(9-15)13-8-4-6-11-5-2-3-7-12(11)13/h2-8,14H,1H3/t14-/m1/s1. The average Bonchev–Trinajstić information content (AvgIpc) is 2.30. The summed E-state index contributed by atoms with van der Waals surface area (Å²) >= 11 is 0. The maximum absolute atomic E-state index is 11.4. The molecule has 1 atom stereocenters. The van der Waals surface area contributed by atoms with Gasteiger partial charge >= 0.3 is 0 Å². The summed E-state index contributed by atoms with van der Waals surface area (Å²) in [5.41, 5.74) is 0.799. The fourth-order valence-electron chi connectivity index (χ4n) is 1.88. The van der Waals surface area contributed by atoms with Gasteiger partial charge in [-0.05, 0) is 23.3 Å². The van der Waals surface area contributed by atoms with Gasteiger partial charge in [0.2, 0.25) is 0 Å². The molecule has 0 unspecified atom stereocenters. The van der Waals surface area contributed by atoms with Gasteiger partial charge < -0.3 is 0 Å². The van der Waals surface area contributed by atoms with E-state index in [-0.39, 0.29) is 5.78 Å². The van der Waals surface area contributed by atoms with Crippen LogP contribution in [-0.2, 0) is 4.79 Å². The van der Waals surface area contributed by atoms with Gasteiger partial charge in [-0.2, -0.15) is 5.26 Å². The number of hydrogen-bond donors (Lipinski definition) is 0. The van der Waals surface area contributed by atoms with Crippen LogP contribution in [0.25, 0.3) is 10.8 Å². The average molecular weight is 209 g/mol. The molecular weight excluding hydrogens is 198 g/mol. The van der Waals surface area contributed by atoms with E-state index in [0.29, 0.717) is 0 Å². The number of nitriles is 1. The monoisotopic (exact) mass is 209 g/mol. The number of nitrogens with zero attached hydrogens (tertiary/aromatic N) is 1. The van der Waals surface area contributed by atoms with Gasteiger partial charge in [-0.25, -0.2) is 0 Å². The van der Waals surface area contributed by atoms with Crippen molar-refractivity contribution in [1.82, 2.24) is 0 Å². The first-order valence-electron chi connectivity index (χ1n) is 5.12. The van der Waals surface area contributed by atoms with E-state index >= 15 is 0 Å². The van der Waals surface area contributed by atoms with E-state index in [1.165, 1.54) is 6.92 Å². The van der Waals surface area contributed by atoms with Crippen molar-refractivity contribution in [2.45, 2.75) is 12.8 Å². The fraction of sp³-hybridized carbons (Fsp3) is 0.143. The zero-order valence-electron chi connectivity index (χ0n) is 8.97. The first kappa shape index (κ1) is 10.4. The van der Waals surface area contributed by atoms with E-state index in [9.17, 15) is 4.79 Å². The molecule has 0 fully saturated rings. The summed E-state index contributed by atoms with van der Waals surface area (Å²) in [7, 11) is 0. The molecule has 0 N–H and O–H groups in total. The summed E-state index contributed by atoms with van der Waals surface area (Å²) in [5, 5.41) is 11.1. The maximum atomic E-state index is 11.4. The summed E-state index contributed by atoms with van der Waals surface area (Å²) in [6.45, 7) is 1.45. The smallest absolute Gasteiger partial charge is 0.151 e. The Morgan fingerprint density at radius 1 is 1.19 bits per heavy atom. The molecule has 2 rings (SSSR count). The van der Waals surface area contributed by atoms with Gasteiger partial charge in [-0.3, -0.25) is 4.79 Å². The summed E-state index contributed by atoms with van der Waals surface area (Å²) in [4.78, 5) is 11.4. The molecule has 2 aromatic rings. The second-order valence-electron chi connectivity index (χ2n) is 3.74. The summed E-state index contributed by atoms with van der Waals surface area (Å²) in [6.07, 6.45) is 0. The number of fused-ring (bicyclic) bond motifs is 1. The molecule has 0 aromatic heterocycles. The molecule has 0 saturated heterocycles. The Bertz CT molecular complexity index is 575. The number of carbonyl (C=O) groups is 1. The van der Waals surface area contributed by atoms with Crippen LogP contribution in [-0.4, -0.2) is 5.78 Å². The normalized spacial score (nSPS) is 12.0. The Balaban J connectivity index is 2.69. The molecule has 0 saturated carbocycles. The first-order valence-corrected chi connectivity index (χ1v) is 5.12. The Morgan fingerprint density at radius 3 is 2.56 bits per heavy atom. The second kappa shape index (κ2) is 4.16. The third-order valence-electron chi connectivity index (χ3n) is 2.67. The largest absolute Gasteiger partial charge is 0.298 e. The molecule has 2 heteroatoms. The predicted molar refractivity (Wildman–Crippen MR) is 63.0 cm³/mol. The molecule has 0 spiro atoms. The van der Waals surface area contributed by atoms with Crippen LogP contribution >= 0.6 is 0 Å². The summed E-state index contributed by atoms with van der Waals surface area (Å²) in [5.74, 6) is -0.773. The number of Topliss-reactive ketones (excluding diaryl/α,β-unsaturated/α-hetero) is 1. The van der Waals surface area contributed by atoms with Crippen molar-refractivity contribution in [2.24, 2.45) is 0 Å². The zero-order chi connectivity index (χ0) is 11.5. The van der Waals surface area contributed by atoms with Crippen molar-refractivity contribution >= 4 is 16.6 Å². The van der Waals surface area contributed by atoms with Gasteiger partial charge in [-0.15, -0.1) is 0 Å². The highest BCUT2D eigenvalue weighted by Crippen LogP contribution is 2.25. The number of rotatable bonds is 2. The van der Waals surface area contributed by atoms with E-state index in [1.807, 2.05) is 42.5 Å². The second-order valence-corrected chi connectivity index (χ2v) is 3.74. The number of ketones is 1. The third kappa shape index (κ3) is 1.68. The van der Waals surface area contributed by atoms with Crippen LogP contribution in [0.15, 0.2) is 42.5 Å². The predicted octanol–water partition coefficient (Wildman–Crippen LogP) is 3.04. The van der Waals surface area contributed by atoms with Crippen molar-refractivity contribution < 1.29 is 4.79 Å². The van der Waals surface area contributed by atoms with Crippen LogP contribution in [0.3, 0.4) is 0 Å². The topological polar surface area (TPSA) is 40.9 Å². The first-order chi connectivity index (χ1) is 7.74. The Morgan fingerprint density at radius 2 is 1.88 bits per heavy atom. The van der Waals surface area contributed by atoms with Gasteiger partial charge in [0, 0.05) is 0 Å². The van der Waals surface area contributed by atoms with E-state index < -0.39 is 5.92 Å². The Kier molecular flexibility index (Phi) is 2.70. The van der Waals surface area contributed by atoms with Crippen LogP contribution in [0.5, 0.6) is 0 Å². The van der Waals surface area contributed by atoms with Crippen LogP contribution in [0.4, 0.5) is 0 Å². The molecule has 0 amide bonds. The number of benzene rings is 2. The van der Waals surface area contributed by atoms with Crippen molar-refractivity contribution in [3.05, 3.63) is 48.0 Å². The molecule has 0 aliphatic heterocycles. The maximum Gasteiger partial charge on any atom is 0.151 e. The third-order valence-corrected chi connectivity index (χ3v) is 2.67. The van der Waals surface area contributed by atoms with Gasteiger partial charge in [0.15, 0.2) is 5.78 Å². The van der Waals surface area contributed by atoms with Crippen molar-refractivity contribution in [3.63, 3.8) is 0 Å². The lowest BCUT2D eigenvalue weighted by Crippen LogP contribution is -2.06. The molecule has 0 radical (unpaired) electrons. The fourth-order valence-corrected chi connectivity index (χ4v) is 1.88. The molecule has 0 bridgehead atoms. The highest BCUT2D eigenvalue weighted by molar-refractivity contribution is 5.94. The van der Waals surface area contributed by atoms with Gasteiger partial charge in [0.25, 0.3) is 0 Å². The lowest BCUT2D eigenvalue weighted by Gasteiger charge is -2.09. The van der Waals surface area contributed by atoms with E-state index in [0.717, 1.165) is 16.3 Å². The lowest BCUT2D eigenvalue weighted by atomic mass is 9.92. The zero-order valence-corrected chi connectivity index (χ0v) is 8.97. The summed E-state index contributed by atoms with van der Waals surface area (Å²) < 4.78 is 0. The van der Waals surface area contributed by atoms with E-state index in [4.69, 9.17) is 5.26 Å². The number of hydrogen-bond acceptors (Lipinski definition) is 2. The van der Waals surface area contributed by atoms with Gasteiger partial charge in [-0.1, -0.05) is 42.5 Å².